The van der Waals surface area contributed by atoms with Crippen molar-refractivity contribution in [3.63, 3.8) is 0 Å². The van der Waals surface area contributed by atoms with E-state index in [9.17, 15) is 0 Å². The maximum atomic E-state index is 4.25. The summed E-state index contributed by atoms with van der Waals surface area (Å²) >= 11 is 0. The van der Waals surface area contributed by atoms with Crippen molar-refractivity contribution in [2.45, 2.75) is 39.7 Å². The fourth-order valence-electron chi connectivity index (χ4n) is 1.33. The molecular weight excluding hydrogens is 196 g/mol. The highest BCUT2D eigenvalue weighted by molar-refractivity contribution is 5.47. The number of nitrogens with one attached hydrogen (secondary N) is 1. The lowest BCUT2D eigenvalue weighted by Crippen LogP contribution is -2.36. The first-order chi connectivity index (χ1) is 7.47. The van der Waals surface area contributed by atoms with Crippen LogP contribution in [0.1, 0.15) is 38.4 Å². The molecule has 0 spiro atoms. The fourth-order valence-corrected chi connectivity index (χ4v) is 1.33. The second-order valence-electron chi connectivity index (χ2n) is 5.10. The van der Waals surface area contributed by atoms with Gasteiger partial charge in [-0.1, -0.05) is 18.2 Å². The number of hydrogen-bond donors (Lipinski definition) is 1. The van der Waals surface area contributed by atoms with E-state index in [1.165, 1.54) is 5.56 Å². The molecule has 0 aliphatic heterocycles. The minimum atomic E-state index is 0.208. The van der Waals surface area contributed by atoms with Crippen LogP contribution in [0.2, 0.25) is 0 Å². The highest BCUT2D eigenvalue weighted by Crippen LogP contribution is 2.03. The zero-order valence-corrected chi connectivity index (χ0v) is 10.7. The third-order valence-corrected chi connectivity index (χ3v) is 2.21. The number of aromatic nitrogens is 1. The Morgan fingerprint density at radius 1 is 1.31 bits per heavy atom. The summed E-state index contributed by atoms with van der Waals surface area (Å²) in [4.78, 5) is 4.25. The lowest BCUT2D eigenvalue weighted by atomic mass is 10.1. The van der Waals surface area contributed by atoms with Gasteiger partial charge in [-0.25, -0.2) is 0 Å². The summed E-state index contributed by atoms with van der Waals surface area (Å²) in [6, 6.07) is 4.13. The van der Waals surface area contributed by atoms with Crippen molar-refractivity contribution in [3.05, 3.63) is 35.7 Å². The summed E-state index contributed by atoms with van der Waals surface area (Å²) in [5.41, 5.74) is 2.44. The van der Waals surface area contributed by atoms with E-state index in [0.717, 1.165) is 18.7 Å². The van der Waals surface area contributed by atoms with Crippen LogP contribution in [-0.2, 0) is 0 Å². The van der Waals surface area contributed by atoms with Gasteiger partial charge in [0.1, 0.15) is 0 Å². The lowest BCUT2D eigenvalue weighted by molar-refractivity contribution is 0.431. The van der Waals surface area contributed by atoms with Crippen LogP contribution in [-0.4, -0.2) is 17.1 Å². The van der Waals surface area contributed by atoms with Gasteiger partial charge in [0.05, 0.1) is 0 Å². The molecule has 1 heterocycles. The van der Waals surface area contributed by atoms with Crippen LogP contribution in [0.4, 0.5) is 0 Å². The summed E-state index contributed by atoms with van der Waals surface area (Å²) in [6.45, 7) is 9.56. The molecule has 0 amide bonds. The van der Waals surface area contributed by atoms with Crippen molar-refractivity contribution < 1.29 is 0 Å². The van der Waals surface area contributed by atoms with Crippen LogP contribution in [0.5, 0.6) is 0 Å². The summed E-state index contributed by atoms with van der Waals surface area (Å²) in [6.07, 6.45) is 7.26. The second-order valence-corrected chi connectivity index (χ2v) is 5.10. The fraction of sp³-hybridized carbons (Fsp3) is 0.500. The Morgan fingerprint density at radius 2 is 2.06 bits per heavy atom. The minimum absolute atomic E-state index is 0.208. The van der Waals surface area contributed by atoms with E-state index in [-0.39, 0.29) is 5.54 Å². The summed E-state index contributed by atoms with van der Waals surface area (Å²) in [7, 11) is 0. The van der Waals surface area contributed by atoms with Gasteiger partial charge >= 0.3 is 0 Å². The zero-order valence-electron chi connectivity index (χ0n) is 10.7. The molecule has 88 valence electrons. The van der Waals surface area contributed by atoms with Crippen LogP contribution < -0.4 is 5.32 Å². The number of nitrogens with zero attached hydrogens (tertiary/aromatic N) is 1. The van der Waals surface area contributed by atoms with E-state index in [0.29, 0.717) is 0 Å². The molecule has 1 aromatic heterocycles. The van der Waals surface area contributed by atoms with E-state index in [2.05, 4.69) is 49.3 Å². The Balaban J connectivity index is 2.30. The topological polar surface area (TPSA) is 24.9 Å². The highest BCUT2D eigenvalue weighted by Gasteiger charge is 2.05. The summed E-state index contributed by atoms with van der Waals surface area (Å²) in [5, 5.41) is 3.45. The van der Waals surface area contributed by atoms with E-state index >= 15 is 0 Å². The maximum Gasteiger partial charge on any atom is 0.0373 e. The molecule has 0 saturated heterocycles. The van der Waals surface area contributed by atoms with Gasteiger partial charge in [0.25, 0.3) is 0 Å². The number of hydrogen-bond acceptors (Lipinski definition) is 2. The number of aryl methyl sites for hydroxylation is 1. The third kappa shape index (κ3) is 5.66. The van der Waals surface area contributed by atoms with Gasteiger partial charge in [0, 0.05) is 17.4 Å². The molecule has 0 saturated carbocycles. The van der Waals surface area contributed by atoms with Crippen molar-refractivity contribution in [3.8, 4) is 0 Å². The van der Waals surface area contributed by atoms with Gasteiger partial charge in [-0.15, -0.1) is 0 Å². The van der Waals surface area contributed by atoms with E-state index < -0.39 is 0 Å². The first kappa shape index (κ1) is 12.9. The molecule has 0 aromatic carbocycles. The van der Waals surface area contributed by atoms with Crippen molar-refractivity contribution in [2.24, 2.45) is 0 Å². The molecule has 0 aliphatic carbocycles. The van der Waals surface area contributed by atoms with Gasteiger partial charge in [0.2, 0.25) is 0 Å². The second kappa shape index (κ2) is 5.80. The molecule has 0 atom stereocenters. The van der Waals surface area contributed by atoms with Crippen LogP contribution in [0.15, 0.2) is 24.4 Å². The smallest absolute Gasteiger partial charge is 0.0373 e. The Kier molecular flexibility index (Phi) is 4.69. The van der Waals surface area contributed by atoms with Crippen LogP contribution in [0.3, 0.4) is 0 Å². The molecule has 0 aliphatic rings. The quantitative estimate of drug-likeness (QED) is 0.785. The molecule has 0 unspecified atom stereocenters. The normalized spacial score (nSPS) is 12.2. The number of rotatable bonds is 4. The van der Waals surface area contributed by atoms with Gasteiger partial charge in [-0.3, -0.25) is 4.98 Å². The Hall–Kier alpha value is -1.15. The largest absolute Gasteiger partial charge is 0.312 e. The highest BCUT2D eigenvalue weighted by atomic mass is 14.9. The Labute approximate surface area is 98.8 Å². The van der Waals surface area contributed by atoms with Gasteiger partial charge in [-0.2, -0.15) is 0 Å². The van der Waals surface area contributed by atoms with Crippen molar-refractivity contribution in [1.29, 1.82) is 0 Å². The predicted molar refractivity (Wildman–Crippen MR) is 70.4 cm³/mol. The van der Waals surface area contributed by atoms with Gasteiger partial charge < -0.3 is 5.32 Å². The molecule has 2 nitrogen and oxygen atoms in total. The first-order valence-corrected chi connectivity index (χ1v) is 5.81. The van der Waals surface area contributed by atoms with Crippen molar-refractivity contribution in [1.82, 2.24) is 10.3 Å². The molecule has 0 bridgehead atoms. The molecule has 1 aromatic rings. The first-order valence-electron chi connectivity index (χ1n) is 5.81. The van der Waals surface area contributed by atoms with E-state index in [1.807, 2.05) is 19.2 Å². The van der Waals surface area contributed by atoms with Crippen molar-refractivity contribution >= 4 is 6.08 Å². The van der Waals surface area contributed by atoms with Crippen LogP contribution in [0.25, 0.3) is 6.08 Å². The molecular formula is C14H22N2. The number of pyridine rings is 1. The maximum absolute atomic E-state index is 4.25. The zero-order chi connectivity index (χ0) is 12.0. The summed E-state index contributed by atoms with van der Waals surface area (Å²) < 4.78 is 0. The predicted octanol–water partition coefficient (Wildman–Crippen LogP) is 3.18. The third-order valence-electron chi connectivity index (χ3n) is 2.21. The average molecular weight is 218 g/mol. The molecule has 16 heavy (non-hydrogen) atoms. The SMILES string of the molecule is Cc1ccc(C=CCCNC(C)(C)C)cn1. The van der Waals surface area contributed by atoms with E-state index in [4.69, 9.17) is 0 Å². The monoisotopic (exact) mass is 218 g/mol. The lowest BCUT2D eigenvalue weighted by Gasteiger charge is -2.19. The molecule has 1 N–H and O–H groups in total. The van der Waals surface area contributed by atoms with Crippen LogP contribution in [0, 0.1) is 6.92 Å². The molecule has 1 rings (SSSR count). The Bertz CT molecular complexity index is 331. The minimum Gasteiger partial charge on any atom is -0.312 e. The van der Waals surface area contributed by atoms with Gasteiger partial charge in [-0.05, 0) is 52.3 Å². The molecule has 2 heteroatoms. The standard InChI is InChI=1S/C14H22N2/c1-12-8-9-13(11-15-12)7-5-6-10-16-14(2,3)4/h5,7-9,11,16H,6,10H2,1-4H3. The average Bonchev–Trinajstić information content (AvgIpc) is 2.19. The van der Waals surface area contributed by atoms with Crippen LogP contribution >= 0.6 is 0 Å². The van der Waals surface area contributed by atoms with Gasteiger partial charge in [0.15, 0.2) is 0 Å². The Morgan fingerprint density at radius 3 is 2.62 bits per heavy atom. The summed E-state index contributed by atoms with van der Waals surface area (Å²) in [5.74, 6) is 0. The molecule has 0 radical (unpaired) electrons. The molecule has 0 fully saturated rings. The van der Waals surface area contributed by atoms with E-state index in [1.54, 1.807) is 0 Å². The van der Waals surface area contributed by atoms with Crippen molar-refractivity contribution in [2.75, 3.05) is 6.54 Å².